The fourth-order valence-electron chi connectivity index (χ4n) is 0.393. The second kappa shape index (κ2) is 2.02. The quantitative estimate of drug-likeness (QED) is 0.529. The summed E-state index contributed by atoms with van der Waals surface area (Å²) in [4.78, 5) is 0. The zero-order chi connectivity index (χ0) is 6.91. The van der Waals surface area contributed by atoms with Crippen molar-refractivity contribution >= 4 is 9.84 Å². The van der Waals surface area contributed by atoms with Crippen molar-refractivity contribution in [2.75, 3.05) is 12.4 Å². The summed E-state index contributed by atoms with van der Waals surface area (Å²) in [5.74, 6) is 0.733. The number of epoxide rings is 1. The Hall–Kier alpha value is -0.510. The van der Waals surface area contributed by atoms with Crippen LogP contribution in [0, 0.1) is 0 Å². The summed E-state index contributed by atoms with van der Waals surface area (Å²) >= 11 is 0. The van der Waals surface area contributed by atoms with E-state index < -0.39 is 9.84 Å². The Morgan fingerprint density at radius 3 is 2.67 bits per heavy atom. The minimum atomic E-state index is -2.94. The number of hydrogen-bond acceptors (Lipinski definition) is 3. The predicted molar refractivity (Wildman–Crippen MR) is 33.5 cm³/mol. The van der Waals surface area contributed by atoms with Gasteiger partial charge in [-0.25, -0.2) is 8.42 Å². The van der Waals surface area contributed by atoms with Crippen molar-refractivity contribution in [1.29, 1.82) is 0 Å². The van der Waals surface area contributed by atoms with E-state index in [1.165, 1.54) is 5.41 Å². The molecule has 52 valence electrons. The summed E-state index contributed by atoms with van der Waals surface area (Å²) in [5.41, 5.74) is 0. The predicted octanol–water partition coefficient (Wildman–Crippen LogP) is 0.293. The highest BCUT2D eigenvalue weighted by Gasteiger charge is 2.16. The van der Waals surface area contributed by atoms with Gasteiger partial charge in [0, 0.05) is 0 Å². The van der Waals surface area contributed by atoms with Crippen molar-refractivity contribution in [3.63, 3.8) is 0 Å². The molecule has 1 aliphatic rings. The molecule has 0 aromatic rings. The van der Waals surface area contributed by atoms with Crippen molar-refractivity contribution in [3.8, 4) is 0 Å². The highest BCUT2D eigenvalue weighted by atomic mass is 32.2. The molecule has 1 aliphatic heterocycles. The minimum Gasteiger partial charge on any atom is -0.486 e. The van der Waals surface area contributed by atoms with Crippen LogP contribution in [0.4, 0.5) is 0 Å². The van der Waals surface area contributed by atoms with Crippen LogP contribution in [0.1, 0.15) is 6.92 Å². The standard InChI is InChI=1S/C5H8O3S/c1-2-9(6,7)4-5-3-8-5/h4H,2-3H2,1H3. The summed E-state index contributed by atoms with van der Waals surface area (Å²) in [6, 6.07) is 0. The van der Waals surface area contributed by atoms with Gasteiger partial charge in [0.1, 0.15) is 12.4 Å². The van der Waals surface area contributed by atoms with E-state index in [4.69, 9.17) is 0 Å². The van der Waals surface area contributed by atoms with Crippen LogP contribution < -0.4 is 0 Å². The van der Waals surface area contributed by atoms with Crippen LogP contribution in [-0.2, 0) is 14.6 Å². The molecule has 0 aliphatic carbocycles. The maximum absolute atomic E-state index is 10.7. The van der Waals surface area contributed by atoms with Crippen LogP contribution in [0.15, 0.2) is 11.2 Å². The maximum atomic E-state index is 10.7. The van der Waals surface area contributed by atoms with Crippen LogP contribution in [-0.4, -0.2) is 20.8 Å². The molecule has 4 heteroatoms. The third-order valence-corrected chi connectivity index (χ3v) is 2.45. The molecule has 3 nitrogen and oxygen atoms in total. The number of ether oxygens (including phenoxy) is 1. The van der Waals surface area contributed by atoms with Crippen molar-refractivity contribution in [3.05, 3.63) is 11.2 Å². The number of sulfone groups is 1. The van der Waals surface area contributed by atoms with Gasteiger partial charge < -0.3 is 4.74 Å². The lowest BCUT2D eigenvalue weighted by atomic mass is 10.8. The lowest BCUT2D eigenvalue weighted by Gasteiger charge is -1.85. The molecule has 0 atom stereocenters. The average molecular weight is 148 g/mol. The first-order valence-corrected chi connectivity index (χ1v) is 4.42. The van der Waals surface area contributed by atoms with Crippen LogP contribution in [0.2, 0.25) is 0 Å². The van der Waals surface area contributed by atoms with E-state index in [0.717, 1.165) is 0 Å². The molecule has 0 radical (unpaired) electrons. The Morgan fingerprint density at radius 1 is 1.78 bits per heavy atom. The highest BCUT2D eigenvalue weighted by molar-refractivity contribution is 7.94. The maximum Gasteiger partial charge on any atom is 0.174 e. The third kappa shape index (κ3) is 2.05. The Morgan fingerprint density at radius 2 is 2.33 bits per heavy atom. The van der Waals surface area contributed by atoms with Crippen LogP contribution >= 0.6 is 0 Å². The van der Waals surface area contributed by atoms with E-state index in [0.29, 0.717) is 12.4 Å². The Balaban J connectivity index is 2.72. The summed E-state index contributed by atoms with van der Waals surface area (Å²) in [6.07, 6.45) is 0. The lowest BCUT2D eigenvalue weighted by molar-refractivity contribution is 0.510. The molecule has 1 fully saturated rings. The molecule has 0 N–H and O–H groups in total. The van der Waals surface area contributed by atoms with Gasteiger partial charge in [0.05, 0.1) is 11.2 Å². The van der Waals surface area contributed by atoms with Gasteiger partial charge >= 0.3 is 0 Å². The third-order valence-electron chi connectivity index (χ3n) is 1.02. The summed E-state index contributed by atoms with van der Waals surface area (Å²) in [5, 5.41) is 1.19. The van der Waals surface area contributed by atoms with Gasteiger partial charge in [-0.1, -0.05) is 6.92 Å². The van der Waals surface area contributed by atoms with Gasteiger partial charge in [0.2, 0.25) is 0 Å². The normalized spacial score (nSPS) is 21.7. The van der Waals surface area contributed by atoms with E-state index in [1.807, 2.05) is 0 Å². The molecule has 0 spiro atoms. The lowest BCUT2D eigenvalue weighted by Crippen LogP contribution is -1.96. The zero-order valence-electron chi connectivity index (χ0n) is 5.12. The Kier molecular flexibility index (Phi) is 1.48. The van der Waals surface area contributed by atoms with Crippen LogP contribution in [0.5, 0.6) is 0 Å². The van der Waals surface area contributed by atoms with Crippen molar-refractivity contribution in [2.45, 2.75) is 6.92 Å². The Bertz CT molecular complexity index is 219. The van der Waals surface area contributed by atoms with Gasteiger partial charge in [-0.05, 0) is 0 Å². The van der Waals surface area contributed by atoms with Crippen molar-refractivity contribution in [2.24, 2.45) is 0 Å². The van der Waals surface area contributed by atoms with Gasteiger partial charge in [-0.3, -0.25) is 0 Å². The molecule has 0 amide bonds. The fourth-order valence-corrected chi connectivity index (χ4v) is 1.10. The first-order valence-electron chi connectivity index (χ1n) is 2.70. The van der Waals surface area contributed by atoms with Crippen molar-refractivity contribution < 1.29 is 13.2 Å². The average Bonchev–Trinajstić information content (AvgIpc) is 2.50. The van der Waals surface area contributed by atoms with E-state index in [9.17, 15) is 8.42 Å². The zero-order valence-corrected chi connectivity index (χ0v) is 5.94. The highest BCUT2D eigenvalue weighted by Crippen LogP contribution is 2.15. The largest absolute Gasteiger partial charge is 0.486 e. The molecule has 1 heterocycles. The summed E-state index contributed by atoms with van der Waals surface area (Å²) in [7, 11) is -2.94. The minimum absolute atomic E-state index is 0.153. The van der Waals surface area contributed by atoms with E-state index >= 15 is 0 Å². The molecule has 0 unspecified atom stereocenters. The second-order valence-corrected chi connectivity index (χ2v) is 3.96. The SMILES string of the molecule is CCS(=O)(=O)C=C1CO1. The van der Waals surface area contributed by atoms with Gasteiger partial charge in [0.15, 0.2) is 9.84 Å². The first kappa shape index (κ1) is 6.61. The van der Waals surface area contributed by atoms with E-state index in [-0.39, 0.29) is 5.75 Å². The molecule has 0 bridgehead atoms. The van der Waals surface area contributed by atoms with E-state index in [1.54, 1.807) is 6.92 Å². The molecule has 0 saturated carbocycles. The molecular weight excluding hydrogens is 140 g/mol. The molecular formula is C5H8O3S. The van der Waals surface area contributed by atoms with Gasteiger partial charge in [-0.15, -0.1) is 0 Å². The molecule has 9 heavy (non-hydrogen) atoms. The van der Waals surface area contributed by atoms with Gasteiger partial charge in [0.25, 0.3) is 0 Å². The molecule has 0 aromatic heterocycles. The monoisotopic (exact) mass is 148 g/mol. The van der Waals surface area contributed by atoms with Crippen molar-refractivity contribution in [1.82, 2.24) is 0 Å². The number of hydrogen-bond donors (Lipinski definition) is 0. The number of rotatable bonds is 2. The van der Waals surface area contributed by atoms with Crippen LogP contribution in [0.25, 0.3) is 0 Å². The molecule has 1 rings (SSSR count). The topological polar surface area (TPSA) is 46.7 Å². The smallest absolute Gasteiger partial charge is 0.174 e. The van der Waals surface area contributed by atoms with Crippen LogP contribution in [0.3, 0.4) is 0 Å². The summed E-state index contributed by atoms with van der Waals surface area (Å²) in [6.45, 7) is 2.09. The first-order chi connectivity index (χ1) is 4.14. The molecule has 0 aromatic carbocycles. The molecule has 1 saturated heterocycles. The second-order valence-electron chi connectivity index (χ2n) is 1.82. The Labute approximate surface area is 54.2 Å². The summed E-state index contributed by atoms with van der Waals surface area (Å²) < 4.78 is 26.0. The van der Waals surface area contributed by atoms with Gasteiger partial charge in [-0.2, -0.15) is 0 Å². The fraction of sp³-hybridized carbons (Fsp3) is 0.600. The van der Waals surface area contributed by atoms with E-state index in [2.05, 4.69) is 4.74 Å².